The summed E-state index contributed by atoms with van der Waals surface area (Å²) in [6, 6.07) is 5.36. The molecule has 2 aromatic rings. The monoisotopic (exact) mass is 647 g/mol. The van der Waals surface area contributed by atoms with Gasteiger partial charge in [0.05, 0.1) is 44.2 Å². The van der Waals surface area contributed by atoms with Crippen LogP contribution >= 0.6 is 11.8 Å². The van der Waals surface area contributed by atoms with Crippen molar-refractivity contribution in [3.05, 3.63) is 51.2 Å². The van der Waals surface area contributed by atoms with Crippen molar-refractivity contribution in [2.75, 3.05) is 27.4 Å². The van der Waals surface area contributed by atoms with Gasteiger partial charge in [0.2, 0.25) is 0 Å². The molecule has 244 valence electrons. The van der Waals surface area contributed by atoms with Crippen LogP contribution in [0.5, 0.6) is 23.0 Å². The van der Waals surface area contributed by atoms with Gasteiger partial charge >= 0.3 is 11.9 Å². The number of halogens is 1. The number of hydrogen-bond donors (Lipinski definition) is 3. The number of Topliss-reactive ketones (excluding diaryl/α,β-unsaturated/α-hetero) is 1. The number of aliphatic hydroxyl groups is 1. The normalized spacial score (nSPS) is 16.1. The summed E-state index contributed by atoms with van der Waals surface area (Å²) in [4.78, 5) is 37.1. The largest absolute Gasteiger partial charge is 0.493 e. The van der Waals surface area contributed by atoms with E-state index in [1.54, 1.807) is 17.9 Å². The third kappa shape index (κ3) is 8.08. The summed E-state index contributed by atoms with van der Waals surface area (Å²) in [5, 5.41) is 28.8. The van der Waals surface area contributed by atoms with Crippen LogP contribution in [0.25, 0.3) is 6.08 Å². The molecule has 0 radical (unpaired) electrons. The quantitative estimate of drug-likeness (QED) is 0.217. The summed E-state index contributed by atoms with van der Waals surface area (Å²) in [5.41, 5.74) is 2.74. The Morgan fingerprint density at radius 1 is 0.911 bits per heavy atom. The van der Waals surface area contributed by atoms with Crippen molar-refractivity contribution in [1.29, 1.82) is 0 Å². The van der Waals surface area contributed by atoms with E-state index in [0.717, 1.165) is 11.1 Å². The predicted molar refractivity (Wildman–Crippen MR) is 164 cm³/mol. The fourth-order valence-corrected chi connectivity index (χ4v) is 6.08. The standard InChI is InChI=1S/C32H38FNO10S/c1-17(31(37)38)8-23(35)27-13-22-21(16-45-27)12-26(42-4)30(29(22)33)44-7-5-6-43-25-11-20-15-34(14-19(20)10-24(25)41-3)28(36)9-18(2)32(39)40/h10-13,17-18,28,36H,5-9,14-16H2,1-4H3,(H,37,38)(H,39,40)/t17-,18-,28?/m0/s1. The second kappa shape index (κ2) is 15.0. The second-order valence-electron chi connectivity index (χ2n) is 11.1. The number of benzene rings is 2. The molecule has 3 atom stereocenters. The highest BCUT2D eigenvalue weighted by atomic mass is 32.2. The fourth-order valence-electron chi connectivity index (χ4n) is 5.09. The van der Waals surface area contributed by atoms with Gasteiger partial charge in [-0.15, -0.1) is 11.8 Å². The molecular weight excluding hydrogens is 609 g/mol. The molecule has 11 nitrogen and oxygen atoms in total. The summed E-state index contributed by atoms with van der Waals surface area (Å²) in [7, 11) is 2.94. The van der Waals surface area contributed by atoms with E-state index in [-0.39, 0.29) is 48.9 Å². The van der Waals surface area contributed by atoms with Gasteiger partial charge in [-0.25, -0.2) is 4.39 Å². The summed E-state index contributed by atoms with van der Waals surface area (Å²) in [6.07, 6.45) is 0.865. The lowest BCUT2D eigenvalue weighted by Crippen LogP contribution is -2.33. The van der Waals surface area contributed by atoms with Crippen LogP contribution in [0, 0.1) is 17.7 Å². The molecule has 45 heavy (non-hydrogen) atoms. The van der Waals surface area contributed by atoms with E-state index in [1.165, 1.54) is 39.0 Å². The Morgan fingerprint density at radius 2 is 1.51 bits per heavy atom. The first kappa shape index (κ1) is 34.1. The van der Waals surface area contributed by atoms with Crippen molar-refractivity contribution in [2.24, 2.45) is 11.8 Å². The number of hydrogen-bond acceptors (Lipinski definition) is 10. The van der Waals surface area contributed by atoms with Gasteiger partial charge in [-0.05, 0) is 47.4 Å². The van der Waals surface area contributed by atoms with E-state index in [2.05, 4.69) is 0 Å². The number of ketones is 1. The van der Waals surface area contributed by atoms with Crippen molar-refractivity contribution >= 4 is 35.6 Å². The van der Waals surface area contributed by atoms with Gasteiger partial charge in [0.15, 0.2) is 34.6 Å². The average molecular weight is 648 g/mol. The number of aliphatic carboxylic acids is 2. The third-order valence-corrected chi connectivity index (χ3v) is 8.92. The topological polar surface area (TPSA) is 152 Å². The molecule has 2 heterocycles. The van der Waals surface area contributed by atoms with E-state index in [9.17, 15) is 19.5 Å². The van der Waals surface area contributed by atoms with Gasteiger partial charge in [-0.3, -0.25) is 19.3 Å². The smallest absolute Gasteiger partial charge is 0.306 e. The van der Waals surface area contributed by atoms with Crippen molar-refractivity contribution in [1.82, 2.24) is 4.90 Å². The van der Waals surface area contributed by atoms with Gasteiger partial charge in [-0.1, -0.05) is 13.8 Å². The zero-order chi connectivity index (χ0) is 32.8. The van der Waals surface area contributed by atoms with Crippen LogP contribution in [-0.2, 0) is 33.2 Å². The highest BCUT2D eigenvalue weighted by Gasteiger charge is 2.29. The molecule has 0 saturated carbocycles. The lowest BCUT2D eigenvalue weighted by Gasteiger charge is -2.23. The number of nitrogens with zero attached hydrogens (tertiary/aromatic N) is 1. The van der Waals surface area contributed by atoms with Gasteiger partial charge in [0, 0.05) is 37.2 Å². The van der Waals surface area contributed by atoms with Gasteiger partial charge < -0.3 is 34.3 Å². The summed E-state index contributed by atoms with van der Waals surface area (Å²) < 4.78 is 38.3. The lowest BCUT2D eigenvalue weighted by atomic mass is 10.0. The van der Waals surface area contributed by atoms with Crippen LogP contribution in [0.4, 0.5) is 4.39 Å². The molecule has 2 aliphatic heterocycles. The van der Waals surface area contributed by atoms with Crippen molar-refractivity contribution in [3.8, 4) is 23.0 Å². The highest BCUT2D eigenvalue weighted by Crippen LogP contribution is 2.42. The molecule has 0 aromatic heterocycles. The first-order valence-corrected chi connectivity index (χ1v) is 15.5. The number of fused-ring (bicyclic) bond motifs is 2. The molecule has 0 aliphatic carbocycles. The summed E-state index contributed by atoms with van der Waals surface area (Å²) in [6.45, 7) is 4.22. The van der Waals surface area contributed by atoms with Gasteiger partial charge in [0.1, 0.15) is 6.23 Å². The first-order chi connectivity index (χ1) is 21.4. The number of rotatable bonds is 16. The zero-order valence-electron chi connectivity index (χ0n) is 25.6. The van der Waals surface area contributed by atoms with E-state index in [4.69, 9.17) is 29.2 Å². The van der Waals surface area contributed by atoms with E-state index in [0.29, 0.717) is 47.2 Å². The van der Waals surface area contributed by atoms with Crippen molar-refractivity contribution in [2.45, 2.75) is 58.2 Å². The lowest BCUT2D eigenvalue weighted by molar-refractivity contribution is -0.144. The Labute approximate surface area is 264 Å². The Balaban J connectivity index is 1.37. The molecule has 2 aromatic carbocycles. The van der Waals surface area contributed by atoms with Crippen LogP contribution in [-0.4, -0.2) is 71.6 Å². The second-order valence-corrected chi connectivity index (χ2v) is 12.2. The first-order valence-electron chi connectivity index (χ1n) is 14.5. The molecule has 0 saturated heterocycles. The SMILES string of the molecule is COc1cc2c(cc1OCCCOc1c(OC)cc3c(c1F)C=C(C(=O)C[C@H](C)C(=O)O)SC3)CN(C(O)C[C@H](C)C(=O)O)C2. The average Bonchev–Trinajstić information content (AvgIpc) is 3.44. The molecule has 4 rings (SSSR count). The predicted octanol–water partition coefficient (Wildman–Crippen LogP) is 4.70. The fraction of sp³-hybridized carbons (Fsp3) is 0.469. The van der Waals surface area contributed by atoms with Gasteiger partial charge in [0.25, 0.3) is 0 Å². The number of carbonyl (C=O) groups excluding carboxylic acids is 1. The Bertz CT molecular complexity index is 1480. The zero-order valence-corrected chi connectivity index (χ0v) is 26.4. The van der Waals surface area contributed by atoms with Crippen LogP contribution in [0.1, 0.15) is 55.4 Å². The molecule has 0 fully saturated rings. The van der Waals surface area contributed by atoms with Crippen LogP contribution in [0.3, 0.4) is 0 Å². The number of carbonyl (C=O) groups is 3. The molecule has 2 aliphatic rings. The minimum atomic E-state index is -1.07. The molecule has 0 amide bonds. The summed E-state index contributed by atoms with van der Waals surface area (Å²) in [5.74, 6) is -3.08. The van der Waals surface area contributed by atoms with E-state index < -0.39 is 35.8 Å². The number of thioether (sulfide) groups is 1. The molecule has 3 N–H and O–H groups in total. The molecular formula is C32H38FNO10S. The maximum absolute atomic E-state index is 15.7. The Kier molecular flexibility index (Phi) is 11.3. The number of aliphatic hydroxyl groups excluding tert-OH is 1. The number of carboxylic acid groups (broad SMARTS) is 2. The van der Waals surface area contributed by atoms with Crippen LogP contribution in [0.2, 0.25) is 0 Å². The summed E-state index contributed by atoms with van der Waals surface area (Å²) >= 11 is 1.23. The number of methoxy groups -OCH3 is 2. The number of ether oxygens (including phenoxy) is 4. The third-order valence-electron chi connectivity index (χ3n) is 7.81. The Morgan fingerprint density at radius 3 is 2.13 bits per heavy atom. The minimum absolute atomic E-state index is 0.0870. The van der Waals surface area contributed by atoms with Crippen LogP contribution < -0.4 is 18.9 Å². The van der Waals surface area contributed by atoms with E-state index in [1.807, 2.05) is 12.1 Å². The number of allylic oxidation sites excluding steroid dienone is 1. The maximum Gasteiger partial charge on any atom is 0.306 e. The van der Waals surface area contributed by atoms with Crippen molar-refractivity contribution < 1.29 is 53.0 Å². The molecule has 1 unspecified atom stereocenters. The maximum atomic E-state index is 15.7. The Hall–Kier alpha value is -3.81. The number of carboxylic acids is 2. The molecule has 13 heteroatoms. The van der Waals surface area contributed by atoms with Crippen molar-refractivity contribution in [3.63, 3.8) is 0 Å². The minimum Gasteiger partial charge on any atom is -0.493 e. The highest BCUT2D eigenvalue weighted by molar-refractivity contribution is 8.03. The molecule has 0 spiro atoms. The molecule has 0 bridgehead atoms. The van der Waals surface area contributed by atoms with E-state index >= 15 is 4.39 Å². The van der Waals surface area contributed by atoms with Gasteiger partial charge in [-0.2, -0.15) is 0 Å². The van der Waals surface area contributed by atoms with Crippen LogP contribution in [0.15, 0.2) is 23.1 Å².